The van der Waals surface area contributed by atoms with Crippen LogP contribution in [0, 0.1) is 0 Å². The number of hydrogen-bond acceptors (Lipinski definition) is 3. The largest absolute Gasteiger partial charge is 0.376 e. The Morgan fingerprint density at radius 2 is 2.23 bits per heavy atom. The molecule has 2 N–H and O–H groups in total. The smallest absolute Gasteiger partial charge is 0.244 e. The molecule has 0 saturated heterocycles. The van der Waals surface area contributed by atoms with Gasteiger partial charge >= 0.3 is 0 Å². The number of nitrogens with one attached hydrogen (secondary N) is 1. The zero-order chi connectivity index (χ0) is 9.26. The normalized spacial score (nSPS) is 15.2. The van der Waals surface area contributed by atoms with Crippen molar-refractivity contribution in [1.29, 1.82) is 0 Å². The van der Waals surface area contributed by atoms with Gasteiger partial charge < -0.3 is 15.3 Å². The van der Waals surface area contributed by atoms with Gasteiger partial charge in [-0.05, 0) is 12.1 Å². The first kappa shape index (κ1) is 8.07. The summed E-state index contributed by atoms with van der Waals surface area (Å²) in [5.74, 6) is -0.0900. The molecule has 0 atom stereocenters. The van der Waals surface area contributed by atoms with Gasteiger partial charge in [-0.1, -0.05) is 12.1 Å². The van der Waals surface area contributed by atoms with Gasteiger partial charge in [0.15, 0.2) is 0 Å². The van der Waals surface area contributed by atoms with E-state index in [1.807, 2.05) is 24.3 Å². The second-order valence-electron chi connectivity index (χ2n) is 2.90. The molecule has 4 heteroatoms. The highest BCUT2D eigenvalue weighted by atomic mass is 16.3. The van der Waals surface area contributed by atoms with Crippen LogP contribution in [0.4, 0.5) is 11.4 Å². The van der Waals surface area contributed by atoms with Crippen LogP contribution in [0.3, 0.4) is 0 Å². The number of fused-ring (bicyclic) bond motifs is 1. The van der Waals surface area contributed by atoms with Gasteiger partial charge in [0.25, 0.3) is 0 Å². The fraction of sp³-hybridized carbons (Fsp3) is 0.222. The summed E-state index contributed by atoms with van der Waals surface area (Å²) in [6.45, 7) is 0.0813. The minimum absolute atomic E-state index is 0.0900. The molecule has 0 bridgehead atoms. The first-order chi connectivity index (χ1) is 6.31. The van der Waals surface area contributed by atoms with Crippen molar-refractivity contribution >= 4 is 17.3 Å². The number of carbonyl (C=O) groups excluding carboxylic acids is 1. The van der Waals surface area contributed by atoms with Gasteiger partial charge in [0.1, 0.15) is 6.73 Å². The van der Waals surface area contributed by atoms with Gasteiger partial charge in [-0.25, -0.2) is 0 Å². The SMILES string of the molecule is O=C1CN(CO)c2ccccc2N1. The summed E-state index contributed by atoms with van der Waals surface area (Å²) in [5.41, 5.74) is 1.62. The van der Waals surface area contributed by atoms with Gasteiger partial charge in [0.05, 0.1) is 17.9 Å². The molecule has 1 aromatic rings. The number of nitrogens with zero attached hydrogens (tertiary/aromatic N) is 1. The number of amides is 1. The lowest BCUT2D eigenvalue weighted by Crippen LogP contribution is -2.38. The van der Waals surface area contributed by atoms with Crippen LogP contribution >= 0.6 is 0 Å². The van der Waals surface area contributed by atoms with Crippen LogP contribution in [0.1, 0.15) is 0 Å². The Morgan fingerprint density at radius 1 is 1.46 bits per heavy atom. The molecule has 1 heterocycles. The van der Waals surface area contributed by atoms with Crippen molar-refractivity contribution < 1.29 is 9.90 Å². The lowest BCUT2D eigenvalue weighted by Gasteiger charge is -2.28. The third-order valence-corrected chi connectivity index (χ3v) is 2.02. The third kappa shape index (κ3) is 1.36. The minimum Gasteiger partial charge on any atom is -0.376 e. The number of aliphatic hydroxyl groups is 1. The molecule has 68 valence electrons. The van der Waals surface area contributed by atoms with Crippen LogP contribution in [0.2, 0.25) is 0 Å². The minimum atomic E-state index is -0.134. The highest BCUT2D eigenvalue weighted by Gasteiger charge is 2.19. The summed E-state index contributed by atoms with van der Waals surface area (Å²) >= 11 is 0. The predicted octanol–water partition coefficient (Wildman–Crippen LogP) is 0.395. The van der Waals surface area contributed by atoms with Gasteiger partial charge in [-0.3, -0.25) is 4.79 Å². The van der Waals surface area contributed by atoms with E-state index in [2.05, 4.69) is 5.32 Å². The monoisotopic (exact) mass is 178 g/mol. The van der Waals surface area contributed by atoms with E-state index in [0.717, 1.165) is 11.4 Å². The molecule has 2 rings (SSSR count). The molecule has 4 nitrogen and oxygen atoms in total. The first-order valence-corrected chi connectivity index (χ1v) is 4.06. The van der Waals surface area contributed by atoms with Crippen molar-refractivity contribution in [2.75, 3.05) is 23.5 Å². The maximum absolute atomic E-state index is 11.1. The zero-order valence-corrected chi connectivity index (χ0v) is 7.03. The van der Waals surface area contributed by atoms with E-state index >= 15 is 0 Å². The summed E-state index contributed by atoms with van der Waals surface area (Å²) in [6.07, 6.45) is 0. The number of rotatable bonds is 1. The van der Waals surface area contributed by atoms with Gasteiger partial charge in [-0.2, -0.15) is 0 Å². The molecule has 0 aromatic heterocycles. The molecular weight excluding hydrogens is 168 g/mol. The highest BCUT2D eigenvalue weighted by Crippen LogP contribution is 2.27. The Hall–Kier alpha value is -1.55. The summed E-state index contributed by atoms with van der Waals surface area (Å²) in [4.78, 5) is 12.8. The molecule has 0 unspecified atom stereocenters. The Bertz CT molecular complexity index is 338. The number of carbonyl (C=O) groups is 1. The Morgan fingerprint density at radius 3 is 3.00 bits per heavy atom. The predicted molar refractivity (Wildman–Crippen MR) is 49.5 cm³/mol. The van der Waals surface area contributed by atoms with Gasteiger partial charge in [-0.15, -0.1) is 0 Å². The molecule has 1 amide bonds. The first-order valence-electron chi connectivity index (χ1n) is 4.06. The number of aliphatic hydroxyl groups excluding tert-OH is 1. The highest BCUT2D eigenvalue weighted by molar-refractivity contribution is 6.00. The van der Waals surface area contributed by atoms with Crippen molar-refractivity contribution in [3.8, 4) is 0 Å². The molecule has 1 aromatic carbocycles. The summed E-state index contributed by atoms with van der Waals surface area (Å²) in [6, 6.07) is 7.40. The summed E-state index contributed by atoms with van der Waals surface area (Å²) in [5, 5.41) is 11.7. The van der Waals surface area contributed by atoms with E-state index in [1.165, 1.54) is 0 Å². The molecule has 0 radical (unpaired) electrons. The van der Waals surface area contributed by atoms with Crippen LogP contribution < -0.4 is 10.2 Å². The van der Waals surface area contributed by atoms with Gasteiger partial charge in [0.2, 0.25) is 5.91 Å². The van der Waals surface area contributed by atoms with Crippen molar-refractivity contribution in [3.63, 3.8) is 0 Å². The molecule has 0 aliphatic carbocycles. The zero-order valence-electron chi connectivity index (χ0n) is 7.03. The second-order valence-corrected chi connectivity index (χ2v) is 2.90. The number of hydrogen-bond donors (Lipinski definition) is 2. The van der Waals surface area contributed by atoms with Crippen molar-refractivity contribution in [2.24, 2.45) is 0 Å². The fourth-order valence-electron chi connectivity index (χ4n) is 1.43. The Kier molecular flexibility index (Phi) is 1.90. The van der Waals surface area contributed by atoms with E-state index in [1.54, 1.807) is 4.90 Å². The molecule has 0 fully saturated rings. The van der Waals surface area contributed by atoms with E-state index in [-0.39, 0.29) is 19.2 Å². The van der Waals surface area contributed by atoms with Crippen LogP contribution in [0.5, 0.6) is 0 Å². The molecule has 0 spiro atoms. The van der Waals surface area contributed by atoms with E-state index in [9.17, 15) is 4.79 Å². The van der Waals surface area contributed by atoms with E-state index < -0.39 is 0 Å². The lowest BCUT2D eigenvalue weighted by atomic mass is 10.2. The molecule has 0 saturated carbocycles. The topological polar surface area (TPSA) is 52.6 Å². The number of benzene rings is 1. The quantitative estimate of drug-likeness (QED) is 0.654. The summed E-state index contributed by atoms with van der Waals surface area (Å²) in [7, 11) is 0. The molecule has 1 aliphatic heterocycles. The molecule has 13 heavy (non-hydrogen) atoms. The number of anilines is 2. The maximum Gasteiger partial charge on any atom is 0.244 e. The molecule has 1 aliphatic rings. The van der Waals surface area contributed by atoms with E-state index in [0.29, 0.717) is 0 Å². The van der Waals surface area contributed by atoms with Gasteiger partial charge in [0, 0.05) is 0 Å². The van der Waals surface area contributed by atoms with Crippen molar-refractivity contribution in [1.82, 2.24) is 0 Å². The average Bonchev–Trinajstić information content (AvgIpc) is 2.16. The fourth-order valence-corrected chi connectivity index (χ4v) is 1.43. The Balaban J connectivity index is 2.42. The van der Waals surface area contributed by atoms with Crippen molar-refractivity contribution in [3.05, 3.63) is 24.3 Å². The van der Waals surface area contributed by atoms with Crippen LogP contribution in [0.15, 0.2) is 24.3 Å². The van der Waals surface area contributed by atoms with Crippen LogP contribution in [-0.4, -0.2) is 24.3 Å². The standard InChI is InChI=1S/C9H10N2O2/c12-6-11-5-9(13)10-7-3-1-2-4-8(7)11/h1-4,12H,5-6H2,(H,10,13). The van der Waals surface area contributed by atoms with E-state index in [4.69, 9.17) is 5.11 Å². The number of para-hydroxylation sites is 2. The molecular formula is C9H10N2O2. The summed E-state index contributed by atoms with van der Waals surface area (Å²) < 4.78 is 0. The van der Waals surface area contributed by atoms with Crippen molar-refractivity contribution in [2.45, 2.75) is 0 Å². The third-order valence-electron chi connectivity index (χ3n) is 2.02. The second kappa shape index (κ2) is 3.06. The lowest BCUT2D eigenvalue weighted by molar-refractivity contribution is -0.115. The van der Waals surface area contributed by atoms with Crippen LogP contribution in [-0.2, 0) is 4.79 Å². The Labute approximate surface area is 75.8 Å². The van der Waals surface area contributed by atoms with Crippen LogP contribution in [0.25, 0.3) is 0 Å². The average molecular weight is 178 g/mol. The maximum atomic E-state index is 11.1.